The number of carbonyl (C=O) groups excluding carboxylic acids is 1. The van der Waals surface area contributed by atoms with Crippen LogP contribution in [-0.4, -0.2) is 41.4 Å². The SMILES string of the molecule is Cc1nncn1CCNC(=O)CS(=O)(=O)c1ccc(Cl)cc1. The van der Waals surface area contributed by atoms with Crippen LogP contribution in [0.5, 0.6) is 0 Å². The molecule has 1 N–H and O–H groups in total. The van der Waals surface area contributed by atoms with Gasteiger partial charge in [-0.3, -0.25) is 4.79 Å². The highest BCUT2D eigenvalue weighted by Gasteiger charge is 2.19. The number of nitrogens with one attached hydrogen (secondary N) is 1. The molecule has 0 fully saturated rings. The summed E-state index contributed by atoms with van der Waals surface area (Å²) in [7, 11) is -3.67. The van der Waals surface area contributed by atoms with Crippen molar-refractivity contribution in [1.29, 1.82) is 0 Å². The summed E-state index contributed by atoms with van der Waals surface area (Å²) in [5.41, 5.74) is 0. The molecule has 0 saturated carbocycles. The molecular formula is C13H15ClN4O3S. The molecule has 1 amide bonds. The molecule has 1 heterocycles. The summed E-state index contributed by atoms with van der Waals surface area (Å²) in [5, 5.41) is 10.5. The van der Waals surface area contributed by atoms with Gasteiger partial charge in [0.05, 0.1) is 4.90 Å². The van der Waals surface area contributed by atoms with E-state index in [4.69, 9.17) is 11.6 Å². The van der Waals surface area contributed by atoms with Crippen molar-refractivity contribution in [2.75, 3.05) is 12.3 Å². The van der Waals surface area contributed by atoms with Gasteiger partial charge in [0, 0.05) is 18.1 Å². The largest absolute Gasteiger partial charge is 0.353 e. The molecule has 7 nitrogen and oxygen atoms in total. The fourth-order valence-electron chi connectivity index (χ4n) is 1.80. The topological polar surface area (TPSA) is 93.9 Å². The quantitative estimate of drug-likeness (QED) is 0.839. The van der Waals surface area contributed by atoms with Gasteiger partial charge in [-0.25, -0.2) is 8.42 Å². The van der Waals surface area contributed by atoms with E-state index in [1.165, 1.54) is 24.3 Å². The second-order valence-corrected chi connectivity index (χ2v) is 7.06. The lowest BCUT2D eigenvalue weighted by atomic mass is 10.4. The van der Waals surface area contributed by atoms with Crippen molar-refractivity contribution in [3.05, 3.63) is 41.4 Å². The number of amides is 1. The minimum Gasteiger partial charge on any atom is -0.353 e. The van der Waals surface area contributed by atoms with E-state index in [2.05, 4.69) is 15.5 Å². The summed E-state index contributed by atoms with van der Waals surface area (Å²) in [4.78, 5) is 11.8. The van der Waals surface area contributed by atoms with Crippen molar-refractivity contribution in [2.45, 2.75) is 18.4 Å². The zero-order valence-corrected chi connectivity index (χ0v) is 13.4. The number of benzene rings is 1. The van der Waals surface area contributed by atoms with Crippen LogP contribution in [0.3, 0.4) is 0 Å². The predicted octanol–water partition coefficient (Wildman–Crippen LogP) is 0.830. The number of carbonyl (C=O) groups is 1. The Hall–Kier alpha value is -1.93. The highest BCUT2D eigenvalue weighted by atomic mass is 35.5. The number of hydrogen-bond acceptors (Lipinski definition) is 5. The lowest BCUT2D eigenvalue weighted by Crippen LogP contribution is -2.32. The van der Waals surface area contributed by atoms with Gasteiger partial charge in [-0.15, -0.1) is 10.2 Å². The molecule has 2 rings (SSSR count). The summed E-state index contributed by atoms with van der Waals surface area (Å²) < 4.78 is 25.9. The van der Waals surface area contributed by atoms with Crippen LogP contribution in [0.4, 0.5) is 0 Å². The van der Waals surface area contributed by atoms with Gasteiger partial charge in [0.1, 0.15) is 17.9 Å². The van der Waals surface area contributed by atoms with E-state index in [0.717, 1.165) is 5.82 Å². The van der Waals surface area contributed by atoms with Crippen LogP contribution in [0.15, 0.2) is 35.5 Å². The first-order chi connectivity index (χ1) is 10.4. The van der Waals surface area contributed by atoms with Crippen LogP contribution in [0.25, 0.3) is 0 Å². The second-order valence-electron chi connectivity index (χ2n) is 4.63. The number of rotatable bonds is 6. The lowest BCUT2D eigenvalue weighted by Gasteiger charge is -2.07. The molecule has 22 heavy (non-hydrogen) atoms. The van der Waals surface area contributed by atoms with Gasteiger partial charge in [-0.2, -0.15) is 0 Å². The van der Waals surface area contributed by atoms with Crippen molar-refractivity contribution in [3.8, 4) is 0 Å². The van der Waals surface area contributed by atoms with Crippen LogP contribution in [0.2, 0.25) is 5.02 Å². The van der Waals surface area contributed by atoms with Crippen molar-refractivity contribution in [1.82, 2.24) is 20.1 Å². The minimum atomic E-state index is -3.67. The van der Waals surface area contributed by atoms with E-state index in [0.29, 0.717) is 18.1 Å². The summed E-state index contributed by atoms with van der Waals surface area (Å²) in [6, 6.07) is 5.71. The highest BCUT2D eigenvalue weighted by Crippen LogP contribution is 2.15. The fourth-order valence-corrected chi connectivity index (χ4v) is 3.09. The Labute approximate surface area is 133 Å². The van der Waals surface area contributed by atoms with Gasteiger partial charge in [-0.1, -0.05) is 11.6 Å². The van der Waals surface area contributed by atoms with Gasteiger partial charge in [0.15, 0.2) is 9.84 Å². The molecule has 0 aliphatic rings. The molecule has 0 bridgehead atoms. The molecule has 0 atom stereocenters. The average Bonchev–Trinajstić information content (AvgIpc) is 2.84. The van der Waals surface area contributed by atoms with Crippen LogP contribution < -0.4 is 5.32 Å². The van der Waals surface area contributed by atoms with Crippen LogP contribution >= 0.6 is 11.6 Å². The Morgan fingerprint density at radius 3 is 2.59 bits per heavy atom. The normalized spacial score (nSPS) is 11.4. The average molecular weight is 343 g/mol. The molecule has 2 aromatic rings. The maximum absolute atomic E-state index is 12.1. The Kier molecular flexibility index (Phi) is 5.15. The summed E-state index contributed by atoms with van der Waals surface area (Å²) in [6.07, 6.45) is 1.55. The molecule has 9 heteroatoms. The van der Waals surface area contributed by atoms with E-state index in [9.17, 15) is 13.2 Å². The van der Waals surface area contributed by atoms with Gasteiger partial charge in [-0.05, 0) is 31.2 Å². The molecule has 0 unspecified atom stereocenters. The monoisotopic (exact) mass is 342 g/mol. The summed E-state index contributed by atoms with van der Waals surface area (Å²) in [5.74, 6) is -0.431. The van der Waals surface area contributed by atoms with E-state index in [-0.39, 0.29) is 4.90 Å². The molecular weight excluding hydrogens is 328 g/mol. The molecule has 0 aliphatic heterocycles. The fraction of sp³-hybridized carbons (Fsp3) is 0.308. The standard InChI is InChI=1S/C13H15ClN4O3S/c1-10-17-16-9-18(10)7-6-15-13(19)8-22(20,21)12-4-2-11(14)3-5-12/h2-5,9H,6-8H2,1H3,(H,15,19). The van der Waals surface area contributed by atoms with Crippen LogP contribution in [0, 0.1) is 6.92 Å². The minimum absolute atomic E-state index is 0.0710. The third-order valence-electron chi connectivity index (χ3n) is 2.98. The van der Waals surface area contributed by atoms with E-state index >= 15 is 0 Å². The maximum Gasteiger partial charge on any atom is 0.235 e. The third-order valence-corrected chi connectivity index (χ3v) is 4.86. The first-order valence-corrected chi connectivity index (χ1v) is 8.51. The van der Waals surface area contributed by atoms with E-state index in [1.54, 1.807) is 17.8 Å². The zero-order chi connectivity index (χ0) is 16.2. The number of halogens is 1. The molecule has 0 radical (unpaired) electrons. The summed E-state index contributed by atoms with van der Waals surface area (Å²) >= 11 is 5.71. The molecule has 0 spiro atoms. The molecule has 0 aliphatic carbocycles. The van der Waals surface area contributed by atoms with Gasteiger partial charge in [0.2, 0.25) is 5.91 Å². The first-order valence-electron chi connectivity index (χ1n) is 6.48. The molecule has 0 saturated heterocycles. The molecule has 1 aromatic heterocycles. The van der Waals surface area contributed by atoms with Crippen LogP contribution in [-0.2, 0) is 21.2 Å². The third kappa shape index (κ3) is 4.28. The zero-order valence-electron chi connectivity index (χ0n) is 11.9. The molecule has 118 valence electrons. The number of sulfone groups is 1. The number of aryl methyl sites for hydroxylation is 1. The smallest absolute Gasteiger partial charge is 0.235 e. The first kappa shape index (κ1) is 16.4. The Morgan fingerprint density at radius 1 is 1.32 bits per heavy atom. The highest BCUT2D eigenvalue weighted by molar-refractivity contribution is 7.92. The molecule has 1 aromatic carbocycles. The summed E-state index contributed by atoms with van der Waals surface area (Å²) in [6.45, 7) is 2.57. The van der Waals surface area contributed by atoms with Gasteiger partial charge < -0.3 is 9.88 Å². The number of aromatic nitrogens is 3. The lowest BCUT2D eigenvalue weighted by molar-refractivity contribution is -0.118. The maximum atomic E-state index is 12.1. The van der Waals surface area contributed by atoms with Crippen LogP contribution in [0.1, 0.15) is 5.82 Å². The van der Waals surface area contributed by atoms with Crippen molar-refractivity contribution < 1.29 is 13.2 Å². The van der Waals surface area contributed by atoms with Crippen molar-refractivity contribution in [3.63, 3.8) is 0 Å². The number of nitrogens with zero attached hydrogens (tertiary/aromatic N) is 3. The second kappa shape index (κ2) is 6.89. The predicted molar refractivity (Wildman–Crippen MR) is 81.3 cm³/mol. The van der Waals surface area contributed by atoms with Crippen molar-refractivity contribution in [2.24, 2.45) is 0 Å². The Bertz CT molecular complexity index is 756. The van der Waals surface area contributed by atoms with Crippen molar-refractivity contribution >= 4 is 27.3 Å². The Balaban J connectivity index is 1.88. The number of hydrogen-bond donors (Lipinski definition) is 1. The Morgan fingerprint density at radius 2 is 2.00 bits per heavy atom. The van der Waals surface area contributed by atoms with Gasteiger partial charge >= 0.3 is 0 Å². The van der Waals surface area contributed by atoms with E-state index in [1.807, 2.05) is 0 Å². The van der Waals surface area contributed by atoms with Gasteiger partial charge in [0.25, 0.3) is 0 Å². The van der Waals surface area contributed by atoms with E-state index < -0.39 is 21.5 Å².